The van der Waals surface area contributed by atoms with Gasteiger partial charge in [-0.15, -0.1) is 0 Å². The van der Waals surface area contributed by atoms with Crippen molar-refractivity contribution in [1.82, 2.24) is 0 Å². The van der Waals surface area contributed by atoms with E-state index < -0.39 is 11.9 Å². The summed E-state index contributed by atoms with van der Waals surface area (Å²) in [5.74, 6) is -0.886. The van der Waals surface area contributed by atoms with Gasteiger partial charge in [0.25, 0.3) is 5.91 Å². The zero-order valence-electron chi connectivity index (χ0n) is 12.5. The zero-order chi connectivity index (χ0) is 16.2. The molecule has 0 aromatic heterocycles. The fraction of sp³-hybridized carbons (Fsp3) is 0.222. The van der Waals surface area contributed by atoms with E-state index in [0.29, 0.717) is 16.3 Å². The maximum Gasteiger partial charge on any atom is 0.338 e. The maximum atomic E-state index is 12.0. The first-order valence-corrected chi connectivity index (χ1v) is 7.84. The normalized spacial score (nSPS) is 12.6. The Morgan fingerprint density at radius 2 is 1.91 bits per heavy atom. The molecule has 0 aliphatic heterocycles. The van der Waals surface area contributed by atoms with Crippen molar-refractivity contribution in [3.8, 4) is 0 Å². The molecular formula is C18H16ClNO3. The van der Waals surface area contributed by atoms with Crippen molar-refractivity contribution in [1.29, 1.82) is 0 Å². The first kappa shape index (κ1) is 15.6. The molecule has 2 aromatic rings. The Balaban J connectivity index is 1.55. The average Bonchev–Trinajstić information content (AvgIpc) is 3.00. The number of hydrogen-bond donors (Lipinski definition) is 1. The number of carbonyl (C=O) groups excluding carboxylic acids is 2. The third-order valence-electron chi connectivity index (χ3n) is 3.78. The van der Waals surface area contributed by atoms with E-state index in [4.69, 9.17) is 16.3 Å². The average molecular weight is 330 g/mol. The maximum absolute atomic E-state index is 12.0. The summed E-state index contributed by atoms with van der Waals surface area (Å²) in [7, 11) is 0. The number of esters is 1. The van der Waals surface area contributed by atoms with Crippen molar-refractivity contribution in [2.24, 2.45) is 0 Å². The number of ether oxygens (including phenoxy) is 1. The van der Waals surface area contributed by atoms with Crippen LogP contribution in [0.1, 0.15) is 27.9 Å². The quantitative estimate of drug-likeness (QED) is 0.871. The lowest BCUT2D eigenvalue weighted by Crippen LogP contribution is -2.21. The van der Waals surface area contributed by atoms with Crippen molar-refractivity contribution < 1.29 is 14.3 Å². The molecule has 0 radical (unpaired) electrons. The third-order valence-corrected chi connectivity index (χ3v) is 4.01. The van der Waals surface area contributed by atoms with Crippen LogP contribution in [0.15, 0.2) is 42.5 Å². The molecule has 1 N–H and O–H groups in total. The van der Waals surface area contributed by atoms with Gasteiger partial charge in [0.15, 0.2) is 6.61 Å². The highest BCUT2D eigenvalue weighted by molar-refractivity contribution is 6.30. The highest BCUT2D eigenvalue weighted by Crippen LogP contribution is 2.23. The number of aryl methyl sites for hydroxylation is 2. The molecule has 23 heavy (non-hydrogen) atoms. The van der Waals surface area contributed by atoms with Crippen LogP contribution in [-0.2, 0) is 22.4 Å². The third kappa shape index (κ3) is 3.90. The fourth-order valence-corrected chi connectivity index (χ4v) is 2.87. The van der Waals surface area contributed by atoms with Gasteiger partial charge >= 0.3 is 5.97 Å². The number of rotatable bonds is 4. The molecule has 0 spiro atoms. The lowest BCUT2D eigenvalue weighted by Gasteiger charge is -2.08. The summed E-state index contributed by atoms with van der Waals surface area (Å²) in [6.07, 6.45) is 3.17. The Morgan fingerprint density at radius 3 is 2.74 bits per heavy atom. The van der Waals surface area contributed by atoms with Gasteiger partial charge in [-0.25, -0.2) is 4.79 Å². The van der Waals surface area contributed by atoms with Gasteiger partial charge in [0.05, 0.1) is 5.56 Å². The van der Waals surface area contributed by atoms with Crippen molar-refractivity contribution in [2.75, 3.05) is 11.9 Å². The molecule has 1 aliphatic carbocycles. The molecule has 4 nitrogen and oxygen atoms in total. The number of carbonyl (C=O) groups is 2. The summed E-state index contributed by atoms with van der Waals surface area (Å²) < 4.78 is 5.07. The molecule has 1 aliphatic rings. The topological polar surface area (TPSA) is 55.4 Å². The summed E-state index contributed by atoms with van der Waals surface area (Å²) in [6.45, 7) is -0.331. The van der Waals surface area contributed by atoms with Crippen LogP contribution in [0.5, 0.6) is 0 Å². The highest BCUT2D eigenvalue weighted by atomic mass is 35.5. The van der Waals surface area contributed by atoms with E-state index >= 15 is 0 Å². The zero-order valence-corrected chi connectivity index (χ0v) is 13.2. The van der Waals surface area contributed by atoms with Gasteiger partial charge in [-0.3, -0.25) is 4.79 Å². The van der Waals surface area contributed by atoms with Crippen LogP contribution in [-0.4, -0.2) is 18.5 Å². The summed E-state index contributed by atoms with van der Waals surface area (Å²) in [4.78, 5) is 23.8. The molecule has 0 heterocycles. The Kier molecular flexibility index (Phi) is 4.63. The van der Waals surface area contributed by atoms with E-state index in [1.54, 1.807) is 30.3 Å². The van der Waals surface area contributed by atoms with Crippen LogP contribution < -0.4 is 5.32 Å². The van der Waals surface area contributed by atoms with Crippen molar-refractivity contribution >= 4 is 29.2 Å². The van der Waals surface area contributed by atoms with E-state index in [9.17, 15) is 9.59 Å². The SMILES string of the molecule is O=C(COC(=O)c1ccc2c(c1)CCC2)Nc1cccc(Cl)c1. The molecule has 0 unspecified atom stereocenters. The summed E-state index contributed by atoms with van der Waals surface area (Å²) in [6, 6.07) is 12.4. The Bertz CT molecular complexity index is 758. The number of benzene rings is 2. The molecule has 0 saturated heterocycles. The van der Waals surface area contributed by atoms with Crippen LogP contribution in [0.25, 0.3) is 0 Å². The van der Waals surface area contributed by atoms with Crippen molar-refractivity contribution in [2.45, 2.75) is 19.3 Å². The smallest absolute Gasteiger partial charge is 0.338 e. The van der Waals surface area contributed by atoms with Crippen LogP contribution in [0.2, 0.25) is 5.02 Å². The van der Waals surface area contributed by atoms with Gasteiger partial charge in [-0.1, -0.05) is 23.7 Å². The standard InChI is InChI=1S/C18H16ClNO3/c19-15-5-2-6-16(10-15)20-17(21)11-23-18(22)14-8-7-12-3-1-4-13(12)9-14/h2,5-10H,1,3-4,11H2,(H,20,21). The van der Waals surface area contributed by atoms with Gasteiger partial charge in [-0.2, -0.15) is 0 Å². The number of anilines is 1. The second kappa shape index (κ2) is 6.84. The van der Waals surface area contributed by atoms with Crippen LogP contribution in [0.3, 0.4) is 0 Å². The minimum Gasteiger partial charge on any atom is -0.452 e. The van der Waals surface area contributed by atoms with Crippen molar-refractivity contribution in [3.63, 3.8) is 0 Å². The van der Waals surface area contributed by atoms with Crippen molar-refractivity contribution in [3.05, 3.63) is 64.2 Å². The van der Waals surface area contributed by atoms with Gasteiger partial charge in [0.1, 0.15) is 0 Å². The molecule has 0 bridgehead atoms. The monoisotopic (exact) mass is 329 g/mol. The lowest BCUT2D eigenvalue weighted by atomic mass is 10.1. The fourth-order valence-electron chi connectivity index (χ4n) is 2.68. The predicted octanol–water partition coefficient (Wildman–Crippen LogP) is 3.62. The number of fused-ring (bicyclic) bond motifs is 1. The van der Waals surface area contributed by atoms with E-state index in [1.807, 2.05) is 12.1 Å². The van der Waals surface area contributed by atoms with Gasteiger partial charge in [0.2, 0.25) is 0 Å². The second-order valence-corrected chi connectivity index (χ2v) is 5.91. The van der Waals surface area contributed by atoms with Gasteiger partial charge in [-0.05, 0) is 60.7 Å². The minimum atomic E-state index is -0.485. The molecule has 0 atom stereocenters. The summed E-state index contributed by atoms with van der Waals surface area (Å²) in [5.41, 5.74) is 3.54. The highest BCUT2D eigenvalue weighted by Gasteiger charge is 2.15. The molecule has 2 aromatic carbocycles. The summed E-state index contributed by atoms with van der Waals surface area (Å²) in [5, 5.41) is 3.16. The number of hydrogen-bond acceptors (Lipinski definition) is 3. The van der Waals surface area contributed by atoms with Gasteiger partial charge < -0.3 is 10.1 Å². The molecule has 1 amide bonds. The van der Waals surface area contributed by atoms with E-state index in [0.717, 1.165) is 19.3 Å². The van der Waals surface area contributed by atoms with E-state index in [-0.39, 0.29) is 6.61 Å². The Labute approximate surface area is 139 Å². The molecule has 5 heteroatoms. The van der Waals surface area contributed by atoms with E-state index in [1.165, 1.54) is 11.1 Å². The Morgan fingerprint density at radius 1 is 1.09 bits per heavy atom. The Hall–Kier alpha value is -2.33. The minimum absolute atomic E-state index is 0.331. The largest absolute Gasteiger partial charge is 0.452 e. The number of halogens is 1. The molecule has 118 valence electrons. The van der Waals surface area contributed by atoms with Gasteiger partial charge in [0, 0.05) is 10.7 Å². The molecule has 3 rings (SSSR count). The first-order valence-electron chi connectivity index (χ1n) is 7.46. The van der Waals surface area contributed by atoms with Crippen LogP contribution in [0.4, 0.5) is 5.69 Å². The predicted molar refractivity (Wildman–Crippen MR) is 88.8 cm³/mol. The lowest BCUT2D eigenvalue weighted by molar-refractivity contribution is -0.119. The van der Waals surface area contributed by atoms with E-state index in [2.05, 4.69) is 5.32 Å². The first-order chi connectivity index (χ1) is 11.1. The molecule has 0 fully saturated rings. The van der Waals surface area contributed by atoms with Crippen LogP contribution >= 0.6 is 11.6 Å². The molecule has 0 saturated carbocycles. The number of amides is 1. The molecular weight excluding hydrogens is 314 g/mol. The number of nitrogens with one attached hydrogen (secondary N) is 1. The van der Waals surface area contributed by atoms with Crippen LogP contribution in [0, 0.1) is 0 Å². The summed E-state index contributed by atoms with van der Waals surface area (Å²) >= 11 is 5.85. The second-order valence-electron chi connectivity index (χ2n) is 5.47.